The smallest absolute Gasteiger partial charge is 0.141 e. The summed E-state index contributed by atoms with van der Waals surface area (Å²) in [6, 6.07) is 2.73. The van der Waals surface area contributed by atoms with Gasteiger partial charge in [-0.25, -0.2) is 15.0 Å². The summed E-state index contributed by atoms with van der Waals surface area (Å²) in [6.45, 7) is 5.06. The minimum Gasteiger partial charge on any atom is -0.356 e. The molecule has 0 atom stereocenters. The lowest BCUT2D eigenvalue weighted by molar-refractivity contribution is 0.416. The Morgan fingerprint density at radius 1 is 1.33 bits per heavy atom. The van der Waals surface area contributed by atoms with Gasteiger partial charge in [-0.3, -0.25) is 0 Å². The van der Waals surface area contributed by atoms with Crippen molar-refractivity contribution in [1.29, 1.82) is 0 Å². The molecular formula is C17H22N6S. The number of anilines is 1. The Kier molecular flexibility index (Phi) is 4.44. The van der Waals surface area contributed by atoms with Gasteiger partial charge in [0.25, 0.3) is 0 Å². The normalized spacial score (nSPS) is 16.1. The minimum atomic E-state index is 0.588. The van der Waals surface area contributed by atoms with Gasteiger partial charge in [-0.2, -0.15) is 0 Å². The van der Waals surface area contributed by atoms with Crippen LogP contribution < -0.4 is 10.2 Å². The van der Waals surface area contributed by atoms with E-state index in [0.717, 1.165) is 55.4 Å². The van der Waals surface area contributed by atoms with Crippen molar-refractivity contribution in [3.63, 3.8) is 0 Å². The molecule has 4 rings (SSSR count). The zero-order chi connectivity index (χ0) is 16.4. The van der Waals surface area contributed by atoms with E-state index < -0.39 is 0 Å². The molecule has 3 aromatic heterocycles. The Morgan fingerprint density at radius 2 is 2.21 bits per heavy atom. The molecule has 0 radical (unpaired) electrons. The standard InChI is InChI=1S/C17H22N6S/c1-12-21-16(15-5-9-24-17(15)22-12)23-7-3-13(4-8-23)19-6-2-14-10-18-11-20-14/h5,9-11,13,19H,2-4,6-8H2,1H3,(H,18,20). The van der Waals surface area contributed by atoms with Gasteiger partial charge in [0.1, 0.15) is 16.5 Å². The molecule has 0 amide bonds. The Labute approximate surface area is 145 Å². The molecule has 1 saturated heterocycles. The van der Waals surface area contributed by atoms with Gasteiger partial charge in [0.15, 0.2) is 0 Å². The number of nitrogens with zero attached hydrogens (tertiary/aromatic N) is 4. The van der Waals surface area contributed by atoms with Crippen molar-refractivity contribution in [3.8, 4) is 0 Å². The lowest BCUT2D eigenvalue weighted by atomic mass is 10.0. The highest BCUT2D eigenvalue weighted by Crippen LogP contribution is 2.29. The van der Waals surface area contributed by atoms with Crippen LogP contribution in [-0.4, -0.2) is 45.6 Å². The van der Waals surface area contributed by atoms with Crippen LogP contribution in [0.5, 0.6) is 0 Å². The fourth-order valence-corrected chi connectivity index (χ4v) is 4.12. The summed E-state index contributed by atoms with van der Waals surface area (Å²) in [5, 5.41) is 6.96. The van der Waals surface area contributed by atoms with E-state index in [1.165, 1.54) is 11.1 Å². The van der Waals surface area contributed by atoms with E-state index in [4.69, 9.17) is 4.98 Å². The van der Waals surface area contributed by atoms with E-state index in [0.29, 0.717) is 6.04 Å². The summed E-state index contributed by atoms with van der Waals surface area (Å²) in [6.07, 6.45) is 6.94. The molecule has 0 aromatic carbocycles. The van der Waals surface area contributed by atoms with Gasteiger partial charge in [-0.15, -0.1) is 11.3 Å². The molecule has 1 aliphatic heterocycles. The topological polar surface area (TPSA) is 69.7 Å². The lowest BCUT2D eigenvalue weighted by Gasteiger charge is -2.33. The predicted molar refractivity (Wildman–Crippen MR) is 97.7 cm³/mol. The largest absolute Gasteiger partial charge is 0.356 e. The number of fused-ring (bicyclic) bond motifs is 1. The summed E-state index contributed by atoms with van der Waals surface area (Å²) in [5.41, 5.74) is 1.19. The second-order valence-electron chi connectivity index (χ2n) is 6.28. The van der Waals surface area contributed by atoms with Crippen LogP contribution in [0.3, 0.4) is 0 Å². The second kappa shape index (κ2) is 6.86. The first-order valence-electron chi connectivity index (χ1n) is 8.47. The quantitative estimate of drug-likeness (QED) is 0.746. The van der Waals surface area contributed by atoms with Crippen LogP contribution in [0.15, 0.2) is 24.0 Å². The first-order chi connectivity index (χ1) is 11.8. The summed E-state index contributed by atoms with van der Waals surface area (Å²) < 4.78 is 0. The maximum atomic E-state index is 4.71. The van der Waals surface area contributed by atoms with E-state index >= 15 is 0 Å². The third-order valence-corrected chi connectivity index (χ3v) is 5.40. The maximum absolute atomic E-state index is 4.71. The van der Waals surface area contributed by atoms with E-state index in [-0.39, 0.29) is 0 Å². The zero-order valence-electron chi connectivity index (χ0n) is 13.8. The highest BCUT2D eigenvalue weighted by atomic mass is 32.1. The van der Waals surface area contributed by atoms with Gasteiger partial charge >= 0.3 is 0 Å². The Morgan fingerprint density at radius 3 is 3.00 bits per heavy atom. The summed E-state index contributed by atoms with van der Waals surface area (Å²) in [4.78, 5) is 20.0. The Bertz CT molecular complexity index is 789. The number of thiophene rings is 1. The molecule has 126 valence electrons. The number of aromatic nitrogens is 4. The summed E-state index contributed by atoms with van der Waals surface area (Å²) >= 11 is 1.69. The molecule has 0 saturated carbocycles. The highest BCUT2D eigenvalue weighted by molar-refractivity contribution is 7.16. The van der Waals surface area contributed by atoms with Crippen molar-refractivity contribution >= 4 is 27.4 Å². The number of piperidine rings is 1. The van der Waals surface area contributed by atoms with E-state index in [1.807, 2.05) is 13.1 Å². The van der Waals surface area contributed by atoms with Gasteiger partial charge in [0.2, 0.25) is 0 Å². The number of rotatable bonds is 5. The molecule has 1 fully saturated rings. The number of nitrogens with one attached hydrogen (secondary N) is 2. The van der Waals surface area contributed by atoms with Gasteiger partial charge < -0.3 is 15.2 Å². The second-order valence-corrected chi connectivity index (χ2v) is 7.17. The average molecular weight is 342 g/mol. The van der Waals surface area contributed by atoms with Crippen LogP contribution in [0.1, 0.15) is 24.4 Å². The molecule has 6 nitrogen and oxygen atoms in total. The molecule has 1 aliphatic rings. The van der Waals surface area contributed by atoms with Crippen molar-refractivity contribution in [3.05, 3.63) is 35.5 Å². The number of hydrogen-bond donors (Lipinski definition) is 2. The van der Waals surface area contributed by atoms with E-state index in [9.17, 15) is 0 Å². The van der Waals surface area contributed by atoms with Crippen molar-refractivity contribution in [1.82, 2.24) is 25.3 Å². The van der Waals surface area contributed by atoms with Crippen molar-refractivity contribution in [2.24, 2.45) is 0 Å². The van der Waals surface area contributed by atoms with Gasteiger partial charge in [0.05, 0.1) is 11.7 Å². The zero-order valence-corrected chi connectivity index (χ0v) is 14.6. The average Bonchev–Trinajstić information content (AvgIpc) is 3.26. The molecular weight excluding hydrogens is 320 g/mol. The maximum Gasteiger partial charge on any atom is 0.141 e. The number of aryl methyl sites for hydroxylation is 1. The molecule has 7 heteroatoms. The number of imidazole rings is 1. The third-order valence-electron chi connectivity index (χ3n) is 4.59. The van der Waals surface area contributed by atoms with Crippen LogP contribution in [0.2, 0.25) is 0 Å². The summed E-state index contributed by atoms with van der Waals surface area (Å²) in [7, 11) is 0. The molecule has 0 spiro atoms. The first-order valence-corrected chi connectivity index (χ1v) is 9.35. The van der Waals surface area contributed by atoms with Crippen LogP contribution >= 0.6 is 11.3 Å². The number of hydrogen-bond acceptors (Lipinski definition) is 6. The Balaban J connectivity index is 1.34. The fraction of sp³-hybridized carbons (Fsp3) is 0.471. The monoisotopic (exact) mass is 342 g/mol. The number of H-pyrrole nitrogens is 1. The van der Waals surface area contributed by atoms with Crippen molar-refractivity contribution in [2.75, 3.05) is 24.5 Å². The number of aromatic amines is 1. The van der Waals surface area contributed by atoms with Crippen LogP contribution in [0, 0.1) is 6.92 Å². The van der Waals surface area contributed by atoms with E-state index in [1.54, 1.807) is 17.7 Å². The molecule has 3 aromatic rings. The van der Waals surface area contributed by atoms with Crippen molar-refractivity contribution in [2.45, 2.75) is 32.2 Å². The molecule has 24 heavy (non-hydrogen) atoms. The minimum absolute atomic E-state index is 0.588. The molecule has 4 heterocycles. The molecule has 0 bridgehead atoms. The van der Waals surface area contributed by atoms with Crippen LogP contribution in [0.25, 0.3) is 10.2 Å². The molecule has 2 N–H and O–H groups in total. The van der Waals surface area contributed by atoms with Gasteiger partial charge in [-0.1, -0.05) is 0 Å². The van der Waals surface area contributed by atoms with Gasteiger partial charge in [0, 0.05) is 44.0 Å². The third kappa shape index (κ3) is 3.27. The van der Waals surface area contributed by atoms with Gasteiger partial charge in [-0.05, 0) is 31.2 Å². The van der Waals surface area contributed by atoms with E-state index in [2.05, 4.69) is 36.6 Å². The first kappa shape index (κ1) is 15.5. The predicted octanol–water partition coefficient (Wildman–Crippen LogP) is 2.52. The van der Waals surface area contributed by atoms with Crippen LogP contribution in [-0.2, 0) is 6.42 Å². The highest BCUT2D eigenvalue weighted by Gasteiger charge is 2.22. The molecule has 0 unspecified atom stereocenters. The van der Waals surface area contributed by atoms with Crippen LogP contribution in [0.4, 0.5) is 5.82 Å². The fourth-order valence-electron chi connectivity index (χ4n) is 3.31. The Hall–Kier alpha value is -1.99. The lowest BCUT2D eigenvalue weighted by Crippen LogP contribution is -2.43. The van der Waals surface area contributed by atoms with Crippen molar-refractivity contribution < 1.29 is 0 Å². The summed E-state index contributed by atoms with van der Waals surface area (Å²) in [5.74, 6) is 1.97. The SMILES string of the molecule is Cc1nc(N2CCC(NCCc3cnc[nH]3)CC2)c2ccsc2n1. The molecule has 0 aliphatic carbocycles.